The fourth-order valence-electron chi connectivity index (χ4n) is 1.80. The second-order valence-electron chi connectivity index (χ2n) is 4.34. The Morgan fingerprint density at radius 2 is 1.86 bits per heavy atom. The lowest BCUT2D eigenvalue weighted by atomic mass is 10.2. The van der Waals surface area contributed by atoms with Crippen molar-refractivity contribution in [1.29, 1.82) is 0 Å². The monoisotopic (exact) mass is 389 g/mol. The fraction of sp³-hybridized carbons (Fsp3) is 0.143. The minimum absolute atomic E-state index is 0.0818. The van der Waals surface area contributed by atoms with Gasteiger partial charge < -0.3 is 4.74 Å². The summed E-state index contributed by atoms with van der Waals surface area (Å²) in [6.07, 6.45) is 0.636. The van der Waals surface area contributed by atoms with Gasteiger partial charge in [0.15, 0.2) is 5.75 Å². The van der Waals surface area contributed by atoms with Gasteiger partial charge in [-0.25, -0.2) is 13.6 Å². The topological polar surface area (TPSA) is 69.4 Å². The standard InChI is InChI=1S/C14H13BrClNO3S/c15-11-8-12(16)14(13(9-11)21(17,18)19)20-7-6-10-4-2-1-3-5-10/h1-5,8-9H,6-7H2,(H2,17,18,19). The van der Waals surface area contributed by atoms with Gasteiger partial charge in [0.05, 0.1) is 11.6 Å². The van der Waals surface area contributed by atoms with Gasteiger partial charge >= 0.3 is 0 Å². The molecule has 0 aliphatic carbocycles. The van der Waals surface area contributed by atoms with Crippen molar-refractivity contribution in [3.05, 3.63) is 57.5 Å². The van der Waals surface area contributed by atoms with Gasteiger partial charge in [0.1, 0.15) is 4.90 Å². The van der Waals surface area contributed by atoms with E-state index in [1.165, 1.54) is 6.07 Å². The lowest BCUT2D eigenvalue weighted by Crippen LogP contribution is -2.15. The number of hydrogen-bond acceptors (Lipinski definition) is 3. The molecule has 0 bridgehead atoms. The molecule has 0 aliphatic heterocycles. The normalized spacial score (nSPS) is 11.4. The molecular weight excluding hydrogens is 378 g/mol. The lowest BCUT2D eigenvalue weighted by Gasteiger charge is -2.12. The van der Waals surface area contributed by atoms with Crippen molar-refractivity contribution in [3.8, 4) is 5.75 Å². The quantitative estimate of drug-likeness (QED) is 0.851. The van der Waals surface area contributed by atoms with Crippen molar-refractivity contribution in [3.63, 3.8) is 0 Å². The van der Waals surface area contributed by atoms with E-state index in [1.54, 1.807) is 6.07 Å². The highest BCUT2D eigenvalue weighted by Crippen LogP contribution is 2.35. The Morgan fingerprint density at radius 3 is 2.48 bits per heavy atom. The van der Waals surface area contributed by atoms with Gasteiger partial charge in [0.2, 0.25) is 10.0 Å². The van der Waals surface area contributed by atoms with Crippen LogP contribution < -0.4 is 9.88 Å². The molecule has 0 radical (unpaired) electrons. The van der Waals surface area contributed by atoms with Crippen LogP contribution in [0.3, 0.4) is 0 Å². The van der Waals surface area contributed by atoms with Crippen LogP contribution in [0, 0.1) is 0 Å². The van der Waals surface area contributed by atoms with Crippen LogP contribution in [0.4, 0.5) is 0 Å². The summed E-state index contributed by atoms with van der Waals surface area (Å²) < 4.78 is 29.3. The van der Waals surface area contributed by atoms with E-state index in [1.807, 2.05) is 30.3 Å². The average molecular weight is 391 g/mol. The third-order valence-electron chi connectivity index (χ3n) is 2.76. The first kappa shape index (κ1) is 16.3. The summed E-state index contributed by atoms with van der Waals surface area (Å²) in [5.74, 6) is 0.0818. The second-order valence-corrected chi connectivity index (χ2v) is 7.20. The Kier molecular flexibility index (Phi) is 5.27. The number of rotatable bonds is 5. The van der Waals surface area contributed by atoms with Gasteiger partial charge in [-0.3, -0.25) is 0 Å². The Bertz CT molecular complexity index is 735. The van der Waals surface area contributed by atoms with Gasteiger partial charge in [-0.05, 0) is 17.7 Å². The predicted molar refractivity (Wildman–Crippen MR) is 86.2 cm³/mol. The molecule has 0 aliphatic rings. The van der Waals surface area contributed by atoms with Crippen molar-refractivity contribution in [2.45, 2.75) is 11.3 Å². The number of nitrogens with two attached hydrogens (primary N) is 1. The summed E-state index contributed by atoms with van der Waals surface area (Å²) in [6.45, 7) is 0.299. The predicted octanol–water partition coefficient (Wildman–Crippen LogP) is 3.37. The number of benzene rings is 2. The molecule has 2 N–H and O–H groups in total. The largest absolute Gasteiger partial charge is 0.490 e. The van der Waals surface area contributed by atoms with Crippen molar-refractivity contribution >= 4 is 37.6 Å². The van der Waals surface area contributed by atoms with Crippen LogP contribution in [0.2, 0.25) is 5.02 Å². The molecule has 21 heavy (non-hydrogen) atoms. The van der Waals surface area contributed by atoms with Crippen LogP contribution in [-0.4, -0.2) is 15.0 Å². The highest BCUT2D eigenvalue weighted by atomic mass is 79.9. The van der Waals surface area contributed by atoms with Crippen molar-refractivity contribution in [2.24, 2.45) is 5.14 Å². The molecule has 7 heteroatoms. The van der Waals surface area contributed by atoms with E-state index in [9.17, 15) is 8.42 Å². The van der Waals surface area contributed by atoms with E-state index >= 15 is 0 Å². The van der Waals surface area contributed by atoms with E-state index < -0.39 is 10.0 Å². The summed E-state index contributed by atoms with van der Waals surface area (Å²) in [5.41, 5.74) is 1.09. The maximum atomic E-state index is 11.6. The zero-order valence-corrected chi connectivity index (χ0v) is 14.1. The van der Waals surface area contributed by atoms with Crippen molar-refractivity contribution < 1.29 is 13.2 Å². The minimum Gasteiger partial charge on any atom is -0.490 e. The van der Waals surface area contributed by atoms with Crippen LogP contribution in [0.25, 0.3) is 0 Å². The molecule has 0 saturated heterocycles. The smallest absolute Gasteiger partial charge is 0.241 e. The molecule has 2 aromatic rings. The van der Waals surface area contributed by atoms with E-state index in [0.717, 1.165) is 5.56 Å². The molecule has 2 rings (SSSR count). The maximum Gasteiger partial charge on any atom is 0.241 e. The summed E-state index contributed by atoms with van der Waals surface area (Å²) in [7, 11) is -3.91. The first-order chi connectivity index (χ1) is 9.88. The molecule has 0 atom stereocenters. The highest BCUT2D eigenvalue weighted by Gasteiger charge is 2.19. The van der Waals surface area contributed by atoms with Gasteiger partial charge in [-0.15, -0.1) is 0 Å². The van der Waals surface area contributed by atoms with E-state index in [4.69, 9.17) is 21.5 Å². The fourth-order valence-corrected chi connectivity index (χ4v) is 3.59. The van der Waals surface area contributed by atoms with Crippen molar-refractivity contribution in [1.82, 2.24) is 0 Å². The average Bonchev–Trinajstić information content (AvgIpc) is 2.41. The van der Waals surface area contributed by atoms with Gasteiger partial charge in [0.25, 0.3) is 0 Å². The third kappa shape index (κ3) is 4.44. The molecule has 0 unspecified atom stereocenters. The summed E-state index contributed by atoms with van der Waals surface area (Å²) in [5, 5.41) is 5.39. The lowest BCUT2D eigenvalue weighted by molar-refractivity contribution is 0.313. The Labute approximate surface area is 137 Å². The molecule has 0 saturated carbocycles. The zero-order valence-electron chi connectivity index (χ0n) is 10.9. The number of ether oxygens (including phenoxy) is 1. The van der Waals surface area contributed by atoms with Crippen molar-refractivity contribution in [2.75, 3.05) is 6.61 Å². The third-order valence-corrected chi connectivity index (χ3v) is 4.42. The molecule has 0 amide bonds. The Morgan fingerprint density at radius 1 is 1.19 bits per heavy atom. The van der Waals surface area contributed by atoms with E-state index in [0.29, 0.717) is 17.5 Å². The first-order valence-electron chi connectivity index (χ1n) is 6.06. The SMILES string of the molecule is NS(=O)(=O)c1cc(Br)cc(Cl)c1OCCc1ccccc1. The number of primary sulfonamides is 1. The Balaban J connectivity index is 2.20. The van der Waals surface area contributed by atoms with Gasteiger partial charge in [0, 0.05) is 10.9 Å². The summed E-state index contributed by atoms with van der Waals surface area (Å²) in [4.78, 5) is -0.130. The second kappa shape index (κ2) is 6.79. The molecule has 112 valence electrons. The Hall–Kier alpha value is -1.08. The first-order valence-corrected chi connectivity index (χ1v) is 8.78. The zero-order chi connectivity index (χ0) is 15.5. The van der Waals surface area contributed by atoms with Gasteiger partial charge in [-0.2, -0.15) is 0 Å². The molecule has 0 heterocycles. The van der Waals surface area contributed by atoms with Crippen LogP contribution in [0.5, 0.6) is 5.75 Å². The molecular formula is C14H13BrClNO3S. The summed E-state index contributed by atoms with van der Waals surface area (Å²) >= 11 is 9.23. The molecule has 0 fully saturated rings. The van der Waals surface area contributed by atoms with Crippen LogP contribution in [-0.2, 0) is 16.4 Å². The van der Waals surface area contributed by atoms with Crippen LogP contribution in [0.15, 0.2) is 51.8 Å². The molecule has 2 aromatic carbocycles. The molecule has 0 spiro atoms. The van der Waals surface area contributed by atoms with E-state index in [-0.39, 0.29) is 15.7 Å². The van der Waals surface area contributed by atoms with Crippen LogP contribution in [0.1, 0.15) is 5.56 Å². The number of halogens is 2. The number of hydrogen-bond donors (Lipinski definition) is 1. The van der Waals surface area contributed by atoms with E-state index in [2.05, 4.69) is 15.9 Å². The molecule has 4 nitrogen and oxygen atoms in total. The minimum atomic E-state index is -3.91. The molecule has 0 aromatic heterocycles. The van der Waals surface area contributed by atoms with Gasteiger partial charge in [-0.1, -0.05) is 57.9 Å². The summed E-state index contributed by atoms with van der Waals surface area (Å²) in [6, 6.07) is 12.7. The van der Waals surface area contributed by atoms with Crippen LogP contribution >= 0.6 is 27.5 Å². The number of sulfonamides is 1. The maximum absolute atomic E-state index is 11.6. The highest BCUT2D eigenvalue weighted by molar-refractivity contribution is 9.10.